The molecule has 3 rings (SSSR count). The molecule has 1 aromatic carbocycles. The number of piperazine rings is 1. The SMILES string of the molecule is CN1CCN(C(C(=O)O)c2ccc3ncccc3c2)CC1. The van der Waals surface area contributed by atoms with Gasteiger partial charge in [-0.15, -0.1) is 0 Å². The topological polar surface area (TPSA) is 56.7 Å². The van der Waals surface area contributed by atoms with E-state index >= 15 is 0 Å². The second-order valence-electron chi connectivity index (χ2n) is 5.54. The number of aromatic nitrogens is 1. The molecule has 0 amide bonds. The fourth-order valence-electron chi connectivity index (χ4n) is 2.85. The summed E-state index contributed by atoms with van der Waals surface area (Å²) in [5, 5.41) is 10.6. The number of fused-ring (bicyclic) bond motifs is 1. The van der Waals surface area contributed by atoms with Gasteiger partial charge in [-0.1, -0.05) is 12.1 Å². The predicted octanol–water partition coefficient (Wildman–Crippen LogP) is 1.61. The van der Waals surface area contributed by atoms with Crippen molar-refractivity contribution in [2.24, 2.45) is 0 Å². The molecule has 1 atom stereocenters. The quantitative estimate of drug-likeness (QED) is 0.928. The molecule has 5 heteroatoms. The third-order valence-electron chi connectivity index (χ3n) is 4.08. The molecule has 5 nitrogen and oxygen atoms in total. The van der Waals surface area contributed by atoms with Crippen molar-refractivity contribution in [3.8, 4) is 0 Å². The van der Waals surface area contributed by atoms with E-state index in [4.69, 9.17) is 0 Å². The van der Waals surface area contributed by atoms with Gasteiger partial charge in [0, 0.05) is 37.8 Å². The third kappa shape index (κ3) is 2.89. The lowest BCUT2D eigenvalue weighted by atomic mass is 10.0. The zero-order valence-electron chi connectivity index (χ0n) is 12.1. The lowest BCUT2D eigenvalue weighted by Crippen LogP contribution is -2.47. The van der Waals surface area contributed by atoms with E-state index in [1.54, 1.807) is 6.20 Å². The Hall–Kier alpha value is -1.98. The lowest BCUT2D eigenvalue weighted by Gasteiger charge is -2.36. The number of likely N-dealkylation sites (N-methyl/N-ethyl adjacent to an activating group) is 1. The Balaban J connectivity index is 1.93. The summed E-state index contributed by atoms with van der Waals surface area (Å²) in [4.78, 5) is 20.3. The number of hydrogen-bond acceptors (Lipinski definition) is 4. The van der Waals surface area contributed by atoms with E-state index in [9.17, 15) is 9.90 Å². The molecule has 0 bridgehead atoms. The molecule has 1 saturated heterocycles. The van der Waals surface area contributed by atoms with Crippen molar-refractivity contribution in [3.63, 3.8) is 0 Å². The Labute approximate surface area is 123 Å². The number of nitrogens with zero attached hydrogens (tertiary/aromatic N) is 3. The number of carboxylic acid groups (broad SMARTS) is 1. The monoisotopic (exact) mass is 285 g/mol. The summed E-state index contributed by atoms with van der Waals surface area (Å²) < 4.78 is 0. The molecule has 2 aromatic rings. The van der Waals surface area contributed by atoms with Gasteiger partial charge < -0.3 is 10.0 Å². The average Bonchev–Trinajstić information content (AvgIpc) is 2.49. The van der Waals surface area contributed by atoms with Crippen molar-refractivity contribution in [1.82, 2.24) is 14.8 Å². The molecule has 0 radical (unpaired) electrons. The van der Waals surface area contributed by atoms with Crippen LogP contribution in [0.25, 0.3) is 10.9 Å². The molecule has 110 valence electrons. The van der Waals surface area contributed by atoms with Crippen LogP contribution in [0, 0.1) is 0 Å². The zero-order chi connectivity index (χ0) is 14.8. The fraction of sp³-hybridized carbons (Fsp3) is 0.375. The molecule has 0 aliphatic carbocycles. The maximum Gasteiger partial charge on any atom is 0.325 e. The molecular weight excluding hydrogens is 266 g/mol. The standard InChI is InChI=1S/C16H19N3O2/c1-18-7-9-19(10-8-18)15(16(20)21)13-4-5-14-12(11-13)3-2-6-17-14/h2-6,11,15H,7-10H2,1H3,(H,20,21). The fourth-order valence-corrected chi connectivity index (χ4v) is 2.85. The van der Waals surface area contributed by atoms with E-state index < -0.39 is 12.0 Å². The van der Waals surface area contributed by atoms with Crippen LogP contribution < -0.4 is 0 Å². The van der Waals surface area contributed by atoms with Crippen LogP contribution in [0.5, 0.6) is 0 Å². The van der Waals surface area contributed by atoms with E-state index in [2.05, 4.69) is 16.9 Å². The summed E-state index contributed by atoms with van der Waals surface area (Å²) in [6, 6.07) is 8.98. The number of carboxylic acids is 1. The number of pyridine rings is 1. The maximum atomic E-state index is 11.7. The highest BCUT2D eigenvalue weighted by molar-refractivity contribution is 5.82. The van der Waals surface area contributed by atoms with Gasteiger partial charge in [0.1, 0.15) is 6.04 Å². The van der Waals surface area contributed by atoms with Gasteiger partial charge in [-0.3, -0.25) is 14.7 Å². The highest BCUT2D eigenvalue weighted by Crippen LogP contribution is 2.25. The largest absolute Gasteiger partial charge is 0.480 e. The van der Waals surface area contributed by atoms with Crippen molar-refractivity contribution in [2.45, 2.75) is 6.04 Å². The Morgan fingerprint density at radius 2 is 2.00 bits per heavy atom. The van der Waals surface area contributed by atoms with Crippen LogP contribution >= 0.6 is 0 Å². The van der Waals surface area contributed by atoms with Gasteiger partial charge in [0.05, 0.1) is 5.52 Å². The minimum atomic E-state index is -0.789. The number of aliphatic carboxylic acids is 1. The second kappa shape index (κ2) is 5.79. The first-order chi connectivity index (χ1) is 10.1. The van der Waals surface area contributed by atoms with Gasteiger partial charge in [-0.25, -0.2) is 0 Å². The molecule has 21 heavy (non-hydrogen) atoms. The van der Waals surface area contributed by atoms with Crippen LogP contribution in [0.2, 0.25) is 0 Å². The van der Waals surface area contributed by atoms with E-state index in [0.29, 0.717) is 0 Å². The summed E-state index contributed by atoms with van der Waals surface area (Å²) >= 11 is 0. The Morgan fingerprint density at radius 1 is 1.24 bits per heavy atom. The first kappa shape index (κ1) is 14.0. The number of carbonyl (C=O) groups is 1. The van der Waals surface area contributed by atoms with Crippen molar-refractivity contribution >= 4 is 16.9 Å². The van der Waals surface area contributed by atoms with Gasteiger partial charge in [0.15, 0.2) is 0 Å². The molecule has 2 heterocycles. The molecular formula is C16H19N3O2. The summed E-state index contributed by atoms with van der Waals surface area (Å²) in [6.45, 7) is 3.36. The normalized spacial score (nSPS) is 18.7. The Kier molecular flexibility index (Phi) is 3.86. The van der Waals surface area contributed by atoms with Crippen LogP contribution in [-0.2, 0) is 4.79 Å². The van der Waals surface area contributed by atoms with Crippen LogP contribution in [0.3, 0.4) is 0 Å². The van der Waals surface area contributed by atoms with Gasteiger partial charge in [0.2, 0.25) is 0 Å². The van der Waals surface area contributed by atoms with Crippen LogP contribution in [0.1, 0.15) is 11.6 Å². The third-order valence-corrected chi connectivity index (χ3v) is 4.08. The van der Waals surface area contributed by atoms with Gasteiger partial charge in [-0.05, 0) is 30.8 Å². The Morgan fingerprint density at radius 3 is 2.71 bits per heavy atom. The van der Waals surface area contributed by atoms with Crippen LogP contribution in [0.4, 0.5) is 0 Å². The van der Waals surface area contributed by atoms with Gasteiger partial charge >= 0.3 is 5.97 Å². The molecule has 1 fully saturated rings. The van der Waals surface area contributed by atoms with Crippen LogP contribution in [0.15, 0.2) is 36.5 Å². The van der Waals surface area contributed by atoms with E-state index in [0.717, 1.165) is 42.6 Å². The zero-order valence-corrected chi connectivity index (χ0v) is 12.1. The van der Waals surface area contributed by atoms with Crippen molar-refractivity contribution in [1.29, 1.82) is 0 Å². The minimum Gasteiger partial charge on any atom is -0.480 e. The molecule has 1 aliphatic heterocycles. The van der Waals surface area contributed by atoms with E-state index in [1.165, 1.54) is 0 Å². The van der Waals surface area contributed by atoms with E-state index in [-0.39, 0.29) is 0 Å². The van der Waals surface area contributed by atoms with Crippen molar-refractivity contribution in [2.75, 3.05) is 33.2 Å². The molecule has 0 saturated carbocycles. The minimum absolute atomic E-state index is 0.580. The predicted molar refractivity (Wildman–Crippen MR) is 81.2 cm³/mol. The summed E-state index contributed by atoms with van der Waals surface area (Å²) in [5.41, 5.74) is 1.72. The maximum absolute atomic E-state index is 11.7. The van der Waals surface area contributed by atoms with Gasteiger partial charge in [0.25, 0.3) is 0 Å². The first-order valence-electron chi connectivity index (χ1n) is 7.15. The van der Waals surface area contributed by atoms with Crippen molar-refractivity contribution < 1.29 is 9.90 Å². The van der Waals surface area contributed by atoms with E-state index in [1.807, 2.05) is 35.2 Å². The molecule has 1 aliphatic rings. The van der Waals surface area contributed by atoms with Gasteiger partial charge in [-0.2, -0.15) is 0 Å². The second-order valence-corrected chi connectivity index (χ2v) is 5.54. The molecule has 0 spiro atoms. The first-order valence-corrected chi connectivity index (χ1v) is 7.15. The highest BCUT2D eigenvalue weighted by atomic mass is 16.4. The van der Waals surface area contributed by atoms with Crippen LogP contribution in [-0.4, -0.2) is 59.1 Å². The van der Waals surface area contributed by atoms with Crippen molar-refractivity contribution in [3.05, 3.63) is 42.1 Å². The highest BCUT2D eigenvalue weighted by Gasteiger charge is 2.29. The molecule has 1 unspecified atom stereocenters. The summed E-state index contributed by atoms with van der Waals surface area (Å²) in [7, 11) is 2.06. The number of rotatable bonds is 3. The number of benzene rings is 1. The Bertz CT molecular complexity index is 651. The molecule has 1 aromatic heterocycles. The molecule has 1 N–H and O–H groups in total. The number of hydrogen-bond donors (Lipinski definition) is 1. The average molecular weight is 285 g/mol. The summed E-state index contributed by atoms with van der Waals surface area (Å²) in [5.74, 6) is -0.789. The summed E-state index contributed by atoms with van der Waals surface area (Å²) in [6.07, 6.45) is 1.75. The smallest absolute Gasteiger partial charge is 0.325 e. The lowest BCUT2D eigenvalue weighted by molar-refractivity contribution is -0.144.